The zero-order chi connectivity index (χ0) is 3.58. The van der Waals surface area contributed by atoms with Gasteiger partial charge in [0.05, 0.1) is 0 Å². The normalized spacial score (nSPS) is 1.85. The molecule has 12 heteroatoms. The average Bonchev–Trinajstić information content (AvgIpc) is 0.811. The van der Waals surface area contributed by atoms with Gasteiger partial charge >= 0.3 is 45.5 Å². The molecule has 0 spiro atoms. The van der Waals surface area contributed by atoms with Crippen molar-refractivity contribution in [2.24, 2.45) is 0 Å². The quantitative estimate of drug-likeness (QED) is 0.392. The number of rotatable bonds is 0. The van der Waals surface area contributed by atoms with Gasteiger partial charge in [-0.3, -0.25) is 0 Å². The zero-order valence-corrected chi connectivity index (χ0v) is 9.91. The van der Waals surface area contributed by atoms with Crippen molar-refractivity contribution in [1.82, 2.24) is 0 Å². The fourth-order valence-electron chi connectivity index (χ4n) is 0. The number of carbonyl (C=O) groups excluding carboxylic acids is 1. The Morgan fingerprint density at radius 2 is 0.615 bits per heavy atom. The second-order valence-electron chi connectivity index (χ2n) is 0.250. The Balaban J connectivity index is -0.00000000125. The summed E-state index contributed by atoms with van der Waals surface area (Å²) >= 11 is 0. The fourth-order valence-corrected chi connectivity index (χ4v) is 0. The molecule has 0 bridgehead atoms. The Labute approximate surface area is 110 Å². The maximum absolute atomic E-state index is 8.33. The monoisotopic (exact) mass is 292 g/mol. The summed E-state index contributed by atoms with van der Waals surface area (Å²) in [5.41, 5.74) is 0. The Morgan fingerprint density at radius 1 is 0.615 bits per heavy atom. The first-order chi connectivity index (χ1) is 1.73. The van der Waals surface area contributed by atoms with Crippen molar-refractivity contribution >= 4 is 51.6 Å². The van der Waals surface area contributed by atoms with Crippen molar-refractivity contribution in [3.8, 4) is 0 Å². The van der Waals surface area contributed by atoms with E-state index in [-0.39, 0.29) is 89.3 Å². The van der Waals surface area contributed by atoms with E-state index in [1.165, 1.54) is 0 Å². The van der Waals surface area contributed by atoms with Crippen LogP contribution in [0.1, 0.15) is 0 Å². The minimum atomic E-state index is -2.33. The van der Waals surface area contributed by atoms with Crippen LogP contribution in [0.25, 0.3) is 0 Å². The van der Waals surface area contributed by atoms with E-state index in [0.29, 0.717) is 0 Å². The van der Waals surface area contributed by atoms with E-state index in [1.807, 2.05) is 0 Å². The van der Waals surface area contributed by atoms with Crippen LogP contribution in [-0.4, -0.2) is 95.4 Å². The zero-order valence-electron chi connectivity index (χ0n) is 6.43. The first kappa shape index (κ1) is 176. The Bertz CT molecular complexity index is 33.1. The van der Waals surface area contributed by atoms with E-state index in [2.05, 4.69) is 0 Å². The molecule has 0 aliphatic rings. The van der Waals surface area contributed by atoms with Crippen LogP contribution in [0.2, 0.25) is 0 Å². The Morgan fingerprint density at radius 3 is 0.615 bits per heavy atom. The van der Waals surface area contributed by atoms with E-state index in [0.717, 1.165) is 0 Å². The summed E-state index contributed by atoms with van der Waals surface area (Å²) in [6, 6.07) is 0. The van der Waals surface area contributed by atoms with Gasteiger partial charge in [-0.1, -0.05) is 0 Å². The van der Waals surface area contributed by atoms with Crippen LogP contribution in [0.4, 0.5) is 4.79 Å². The van der Waals surface area contributed by atoms with E-state index in [4.69, 9.17) is 15.0 Å². The van der Waals surface area contributed by atoms with Gasteiger partial charge in [0.25, 0.3) is 0 Å². The van der Waals surface area contributed by atoms with Crippen LogP contribution in [0.5, 0.6) is 0 Å². The van der Waals surface area contributed by atoms with Gasteiger partial charge < -0.3 is 58.8 Å². The topological polar surface area (TPSA) is 315 Å². The second-order valence-corrected chi connectivity index (χ2v) is 0.250. The van der Waals surface area contributed by atoms with Crippen LogP contribution in [0.3, 0.4) is 0 Å². The third-order valence-electron chi connectivity index (χ3n) is 0. The second kappa shape index (κ2) is 138. The van der Waals surface area contributed by atoms with E-state index in [1.54, 1.807) is 0 Å². The van der Waals surface area contributed by atoms with Crippen molar-refractivity contribution in [3.05, 3.63) is 0 Å². The van der Waals surface area contributed by atoms with E-state index in [9.17, 15) is 0 Å². The molecule has 0 rings (SSSR count). The van der Waals surface area contributed by atoms with Gasteiger partial charge in [-0.05, 0) is 6.16 Å². The maximum atomic E-state index is 8.33. The molecule has 0 unspecified atom stereocenters. The average molecular weight is 292 g/mol. The summed E-state index contributed by atoms with van der Waals surface area (Å²) in [7, 11) is 0. The molecule has 13 heavy (non-hydrogen) atoms. The molecular weight excluding hydrogens is 276 g/mol. The molecule has 0 fully saturated rings. The van der Waals surface area contributed by atoms with Crippen LogP contribution in [0.15, 0.2) is 0 Å². The Hall–Kier alpha value is 0.431. The van der Waals surface area contributed by atoms with Gasteiger partial charge in [0.1, 0.15) is 0 Å². The molecular formula is CH16O11Sr. The minimum absolute atomic E-state index is 0. The van der Waals surface area contributed by atoms with Gasteiger partial charge in [0, 0.05) is 0 Å². The van der Waals surface area contributed by atoms with Gasteiger partial charge in [0.15, 0.2) is 0 Å². The molecule has 0 radical (unpaired) electrons. The summed E-state index contributed by atoms with van der Waals surface area (Å²) in [6.45, 7) is 0. The molecule has 0 amide bonds. The van der Waals surface area contributed by atoms with E-state index >= 15 is 0 Å². The molecule has 0 heterocycles. The number of carbonyl (C=O) groups is 1. The Kier molecular flexibility index (Phi) is 1870. The summed E-state index contributed by atoms with van der Waals surface area (Å²) in [6.07, 6.45) is -2.33. The fraction of sp³-hybridized carbons (Fsp3) is 0. The van der Waals surface area contributed by atoms with Crippen LogP contribution in [0, 0.1) is 0 Å². The van der Waals surface area contributed by atoms with Crippen LogP contribution in [-0.2, 0) is 0 Å². The van der Waals surface area contributed by atoms with Crippen molar-refractivity contribution in [3.63, 3.8) is 0 Å². The first-order valence-corrected chi connectivity index (χ1v) is 0.612. The molecule has 11 nitrogen and oxygen atoms in total. The largest absolute Gasteiger partial charge is 2.00 e. The standard InChI is InChI=1S/CH2O3.8H2O.Sr/c2-1(3)4;;;;;;;;;/h(H2,2,3,4);8*1H2;/q;;;;;;;;;+2/p-2. The molecule has 0 saturated carbocycles. The van der Waals surface area contributed by atoms with Crippen molar-refractivity contribution in [1.29, 1.82) is 0 Å². The summed E-state index contributed by atoms with van der Waals surface area (Å²) in [5, 5.41) is 16.7. The maximum Gasteiger partial charge on any atom is 2.00 e. The van der Waals surface area contributed by atoms with E-state index < -0.39 is 6.16 Å². The molecule has 88 valence electrons. The third kappa shape index (κ3) is 7300. The molecule has 0 aromatic heterocycles. The van der Waals surface area contributed by atoms with Crippen LogP contribution < -0.4 is 10.2 Å². The molecule has 0 atom stereocenters. The first-order valence-electron chi connectivity index (χ1n) is 0.612. The molecule has 0 aliphatic carbocycles. The van der Waals surface area contributed by atoms with Crippen LogP contribution >= 0.6 is 0 Å². The molecule has 0 saturated heterocycles. The summed E-state index contributed by atoms with van der Waals surface area (Å²) < 4.78 is 0. The number of carboxylic acid groups (broad SMARTS) is 2. The number of hydrogen-bond donors (Lipinski definition) is 0. The van der Waals surface area contributed by atoms with Gasteiger partial charge in [0.2, 0.25) is 0 Å². The predicted molar refractivity (Wildman–Crippen MR) is 40.1 cm³/mol. The minimum Gasteiger partial charge on any atom is -0.652 e. The molecule has 0 aromatic rings. The predicted octanol–water partition coefficient (Wildman–Crippen LogP) is -9.43. The molecule has 0 aliphatic heterocycles. The number of hydrogen-bond acceptors (Lipinski definition) is 3. The third-order valence-corrected chi connectivity index (χ3v) is 0. The van der Waals surface area contributed by atoms with Gasteiger partial charge in [-0.15, -0.1) is 0 Å². The van der Waals surface area contributed by atoms with Crippen molar-refractivity contribution in [2.45, 2.75) is 0 Å². The summed E-state index contributed by atoms with van der Waals surface area (Å²) in [4.78, 5) is 8.33. The molecule has 16 N–H and O–H groups in total. The van der Waals surface area contributed by atoms with Crippen molar-refractivity contribution < 1.29 is 58.8 Å². The van der Waals surface area contributed by atoms with Gasteiger partial charge in [-0.25, -0.2) is 0 Å². The smallest absolute Gasteiger partial charge is 0.652 e. The van der Waals surface area contributed by atoms with Crippen molar-refractivity contribution in [2.75, 3.05) is 0 Å². The SMILES string of the molecule is O.O.O.O.O.O.O.O.O=C([O-])[O-].[Sr+2]. The van der Waals surface area contributed by atoms with Gasteiger partial charge in [-0.2, -0.15) is 0 Å². The molecule has 0 aromatic carbocycles. The summed E-state index contributed by atoms with van der Waals surface area (Å²) in [5.74, 6) is 0.